The fourth-order valence-electron chi connectivity index (χ4n) is 4.15. The fraction of sp³-hybridized carbons (Fsp3) is 0.435. The van der Waals surface area contributed by atoms with Gasteiger partial charge in [-0.2, -0.15) is 17.7 Å². The third-order valence-electron chi connectivity index (χ3n) is 5.86. The van der Waals surface area contributed by atoms with Crippen LogP contribution in [0.1, 0.15) is 54.0 Å². The molecule has 158 valence electrons. The summed E-state index contributed by atoms with van der Waals surface area (Å²) in [5.41, 5.74) is 2.92. The van der Waals surface area contributed by atoms with Crippen molar-refractivity contribution in [3.63, 3.8) is 0 Å². The summed E-state index contributed by atoms with van der Waals surface area (Å²) in [4.78, 5) is 26.9. The number of aromatic nitrogens is 2. The van der Waals surface area contributed by atoms with Crippen molar-refractivity contribution in [3.05, 3.63) is 58.7 Å². The third-order valence-corrected chi connectivity index (χ3v) is 6.45. The van der Waals surface area contributed by atoms with Gasteiger partial charge in [0.1, 0.15) is 5.82 Å². The summed E-state index contributed by atoms with van der Waals surface area (Å²) in [6.45, 7) is 4.49. The highest BCUT2D eigenvalue weighted by atomic mass is 32.1. The number of halogens is 1. The van der Waals surface area contributed by atoms with E-state index in [4.69, 9.17) is 12.6 Å². The van der Waals surface area contributed by atoms with Gasteiger partial charge in [-0.15, -0.1) is 0 Å². The van der Waals surface area contributed by atoms with E-state index < -0.39 is 6.04 Å². The number of carbonyl (C=O) groups excluding carboxylic acids is 2. The van der Waals surface area contributed by atoms with Crippen LogP contribution in [0.5, 0.6) is 0 Å². The molecular formula is C23H26FN3O2S. The van der Waals surface area contributed by atoms with Crippen molar-refractivity contribution >= 4 is 30.4 Å². The Morgan fingerprint density at radius 1 is 1.27 bits per heavy atom. The molecule has 0 amide bonds. The zero-order valence-corrected chi connectivity index (χ0v) is 18.1. The van der Waals surface area contributed by atoms with Crippen molar-refractivity contribution in [1.82, 2.24) is 14.7 Å². The molecule has 2 aliphatic rings. The van der Waals surface area contributed by atoms with Gasteiger partial charge in [-0.05, 0) is 50.0 Å². The minimum absolute atomic E-state index is 0.0290. The summed E-state index contributed by atoms with van der Waals surface area (Å²) < 4.78 is 16.0. The molecule has 2 atom stereocenters. The molecule has 5 nitrogen and oxygen atoms in total. The first-order chi connectivity index (χ1) is 14.3. The van der Waals surface area contributed by atoms with E-state index >= 15 is 0 Å². The van der Waals surface area contributed by atoms with Crippen molar-refractivity contribution in [2.75, 3.05) is 13.1 Å². The Morgan fingerprint density at radius 2 is 2.00 bits per heavy atom. The molecule has 0 N–H and O–H groups in total. The third kappa shape index (κ3) is 4.27. The molecule has 1 aromatic heterocycles. The van der Waals surface area contributed by atoms with Crippen LogP contribution in [0.3, 0.4) is 0 Å². The summed E-state index contributed by atoms with van der Waals surface area (Å²) >= 11 is 4.73. The summed E-state index contributed by atoms with van der Waals surface area (Å²) in [5, 5.41) is 4.39. The molecule has 1 aliphatic heterocycles. The number of benzene rings is 1. The number of thiol groups is 1. The number of likely N-dealkylation sites (tertiary alicyclic amines) is 1. The van der Waals surface area contributed by atoms with Crippen LogP contribution < -0.4 is 0 Å². The van der Waals surface area contributed by atoms with Crippen LogP contribution >= 0.6 is 12.6 Å². The number of hydrogen-bond acceptors (Lipinski definition) is 5. The second-order valence-corrected chi connectivity index (χ2v) is 8.86. The van der Waals surface area contributed by atoms with E-state index in [9.17, 15) is 14.0 Å². The average Bonchev–Trinajstić information content (AvgIpc) is 3.49. The zero-order valence-electron chi connectivity index (χ0n) is 17.2. The van der Waals surface area contributed by atoms with Gasteiger partial charge in [0, 0.05) is 42.4 Å². The molecule has 2 heterocycles. The lowest BCUT2D eigenvalue weighted by molar-refractivity contribution is -0.126. The second kappa shape index (κ2) is 8.47. The first kappa shape index (κ1) is 21.0. The maximum atomic E-state index is 14.6. The quantitative estimate of drug-likeness (QED) is 0.730. The number of carbonyl (C=O) groups is 2. The Balaban J connectivity index is 1.65. The van der Waals surface area contributed by atoms with Crippen LogP contribution in [-0.2, 0) is 4.79 Å². The molecule has 1 aromatic carbocycles. The molecule has 0 bridgehead atoms. The smallest absolute Gasteiger partial charge is 0.243 e. The lowest BCUT2D eigenvalue weighted by Crippen LogP contribution is -2.42. The Bertz CT molecular complexity index is 1010. The van der Waals surface area contributed by atoms with Crippen LogP contribution in [0.25, 0.3) is 6.08 Å². The minimum Gasteiger partial charge on any atom is -0.297 e. The fourth-order valence-corrected chi connectivity index (χ4v) is 4.42. The summed E-state index contributed by atoms with van der Waals surface area (Å²) in [5.74, 6) is -0.344. The number of Topliss-reactive ketones (excluding diaryl/α,β-unsaturated/α-hetero) is 1. The van der Waals surface area contributed by atoms with Crippen molar-refractivity contribution in [1.29, 1.82) is 0 Å². The van der Waals surface area contributed by atoms with Crippen LogP contribution in [0.15, 0.2) is 35.9 Å². The lowest BCUT2D eigenvalue weighted by Gasteiger charge is -2.37. The largest absolute Gasteiger partial charge is 0.297 e. The van der Waals surface area contributed by atoms with E-state index in [1.54, 1.807) is 18.2 Å². The number of piperidine rings is 1. The monoisotopic (exact) mass is 427 g/mol. The molecule has 4 rings (SSSR count). The summed E-state index contributed by atoms with van der Waals surface area (Å²) in [7, 11) is 0. The highest BCUT2D eigenvalue weighted by Gasteiger charge is 2.40. The lowest BCUT2D eigenvalue weighted by atomic mass is 9.93. The van der Waals surface area contributed by atoms with Gasteiger partial charge in [-0.1, -0.05) is 18.2 Å². The molecule has 1 saturated carbocycles. The Hall–Kier alpha value is -2.25. The van der Waals surface area contributed by atoms with Crippen LogP contribution in [-0.4, -0.2) is 44.7 Å². The van der Waals surface area contributed by atoms with E-state index in [1.807, 2.05) is 19.1 Å². The van der Waals surface area contributed by atoms with E-state index in [0.29, 0.717) is 24.3 Å². The molecule has 0 radical (unpaired) electrons. The molecule has 30 heavy (non-hydrogen) atoms. The zero-order chi connectivity index (χ0) is 21.4. The minimum atomic E-state index is -0.584. The van der Waals surface area contributed by atoms with Crippen molar-refractivity contribution < 1.29 is 14.0 Å². The number of aryl methyl sites for hydroxylation is 1. The molecule has 1 aliphatic carbocycles. The van der Waals surface area contributed by atoms with Crippen molar-refractivity contribution in [2.24, 2.45) is 5.92 Å². The van der Waals surface area contributed by atoms with Gasteiger partial charge < -0.3 is 0 Å². The van der Waals surface area contributed by atoms with Crippen molar-refractivity contribution in [3.8, 4) is 0 Å². The molecule has 1 saturated heterocycles. The maximum absolute atomic E-state index is 14.6. The van der Waals surface area contributed by atoms with Gasteiger partial charge in [0.05, 0.1) is 11.7 Å². The van der Waals surface area contributed by atoms with Crippen LogP contribution in [0.4, 0.5) is 4.39 Å². The molecule has 2 fully saturated rings. The molecular weight excluding hydrogens is 401 g/mol. The Morgan fingerprint density at radius 3 is 2.63 bits per heavy atom. The van der Waals surface area contributed by atoms with Gasteiger partial charge in [0.15, 0.2) is 5.78 Å². The molecule has 2 aromatic rings. The van der Waals surface area contributed by atoms with Gasteiger partial charge in [-0.3, -0.25) is 14.5 Å². The van der Waals surface area contributed by atoms with E-state index in [0.717, 1.165) is 30.5 Å². The molecule has 7 heteroatoms. The summed E-state index contributed by atoms with van der Waals surface area (Å²) in [6.07, 6.45) is 4.47. The first-order valence-corrected chi connectivity index (χ1v) is 10.8. The highest BCUT2D eigenvalue weighted by Crippen LogP contribution is 2.39. The van der Waals surface area contributed by atoms with Crippen LogP contribution in [0, 0.1) is 18.7 Å². The van der Waals surface area contributed by atoms with Gasteiger partial charge >= 0.3 is 0 Å². The number of rotatable bonds is 5. The predicted octanol–water partition coefficient (Wildman–Crippen LogP) is 4.10. The topological polar surface area (TPSA) is 55.2 Å². The van der Waals surface area contributed by atoms with Gasteiger partial charge in [0.2, 0.25) is 5.91 Å². The Labute approximate surface area is 181 Å². The number of hydrogen-bond donors (Lipinski definition) is 1. The molecule has 0 spiro atoms. The van der Waals surface area contributed by atoms with E-state index in [2.05, 4.69) is 10.00 Å². The maximum Gasteiger partial charge on any atom is 0.243 e. The number of nitrogens with zero attached hydrogens (tertiary/aromatic N) is 3. The highest BCUT2D eigenvalue weighted by molar-refractivity contribution is 7.81. The van der Waals surface area contributed by atoms with Crippen LogP contribution in [0.2, 0.25) is 0 Å². The standard InChI is InChI=1S/C23H26FN3O2S/c1-14-11-18(25-27(14)15(2)28)12-17-13-26(10-9-21(17)30)22(23(29)16-7-8-16)19-5-3-4-6-20(19)24/h3-6,11-12,16,21-22,30H,7-10,13H2,1-2H3/b17-12+. The average molecular weight is 428 g/mol. The summed E-state index contributed by atoms with van der Waals surface area (Å²) in [6, 6.07) is 7.84. The predicted molar refractivity (Wildman–Crippen MR) is 117 cm³/mol. The van der Waals surface area contributed by atoms with Gasteiger partial charge in [0.25, 0.3) is 0 Å². The second-order valence-electron chi connectivity index (χ2n) is 8.24. The SMILES string of the molecule is CC(=O)n1nc(/C=C2\CN(C(C(=O)C3CC3)c3ccccc3F)CCC2S)cc1C. The first-order valence-electron chi connectivity index (χ1n) is 10.3. The van der Waals surface area contributed by atoms with Gasteiger partial charge in [-0.25, -0.2) is 9.07 Å². The number of ketones is 1. The van der Waals surface area contributed by atoms with Crippen molar-refractivity contribution in [2.45, 2.75) is 44.4 Å². The van der Waals surface area contributed by atoms with E-state index in [-0.39, 0.29) is 28.7 Å². The normalized spacial score (nSPS) is 22.3. The Kier molecular flexibility index (Phi) is 5.93. The molecule has 2 unspecified atom stereocenters. The van der Waals surface area contributed by atoms with E-state index in [1.165, 1.54) is 17.7 Å².